The minimum Gasteiger partial charge on any atom is -0.393 e. The second-order valence-electron chi connectivity index (χ2n) is 4.98. The van der Waals surface area contributed by atoms with Crippen molar-refractivity contribution in [3.8, 4) is 0 Å². The Morgan fingerprint density at radius 1 is 0.900 bits per heavy atom. The van der Waals surface area contributed by atoms with Crippen LogP contribution in [0, 0.1) is 11.6 Å². The Kier molecular flexibility index (Phi) is 5.24. The van der Waals surface area contributed by atoms with Crippen LogP contribution in [0.1, 0.15) is 24.0 Å². The summed E-state index contributed by atoms with van der Waals surface area (Å²) in [4.78, 5) is 0. The molecule has 0 spiro atoms. The maximum absolute atomic E-state index is 13.0. The quantitative estimate of drug-likeness (QED) is 0.848. The lowest BCUT2D eigenvalue weighted by Crippen LogP contribution is -2.11. The molecule has 3 heteroatoms. The predicted octanol–water partition coefficient (Wildman–Crippen LogP) is 3.89. The van der Waals surface area contributed by atoms with E-state index in [-0.39, 0.29) is 0 Å². The van der Waals surface area contributed by atoms with Crippen LogP contribution in [-0.2, 0) is 12.8 Å². The van der Waals surface area contributed by atoms with Crippen LogP contribution in [0.4, 0.5) is 8.78 Å². The van der Waals surface area contributed by atoms with E-state index in [0.717, 1.165) is 25.0 Å². The molecule has 1 N–H and O–H groups in total. The summed E-state index contributed by atoms with van der Waals surface area (Å²) in [5, 5.41) is 9.92. The highest BCUT2D eigenvalue weighted by atomic mass is 19.2. The summed E-state index contributed by atoms with van der Waals surface area (Å²) in [6, 6.07) is 13.8. The molecule has 0 aliphatic rings. The van der Waals surface area contributed by atoms with E-state index in [4.69, 9.17) is 0 Å². The molecule has 0 amide bonds. The van der Waals surface area contributed by atoms with E-state index in [1.165, 1.54) is 11.6 Å². The number of aliphatic hydroxyl groups excluding tert-OH is 1. The van der Waals surface area contributed by atoms with Crippen LogP contribution >= 0.6 is 0 Å². The van der Waals surface area contributed by atoms with Crippen LogP contribution in [0.25, 0.3) is 0 Å². The summed E-state index contributed by atoms with van der Waals surface area (Å²) in [7, 11) is 0. The molecule has 0 radical (unpaired) electrons. The minimum absolute atomic E-state index is 0.353. The van der Waals surface area contributed by atoms with Gasteiger partial charge in [0.05, 0.1) is 6.10 Å². The standard InChI is InChI=1S/C17H18F2O/c18-16-10-9-14(12-17(16)19)11-15(20)8-4-7-13-5-2-1-3-6-13/h1-3,5-6,9-10,12,15,20H,4,7-8,11H2. The van der Waals surface area contributed by atoms with Crippen molar-refractivity contribution in [1.29, 1.82) is 0 Å². The maximum atomic E-state index is 13.0. The Morgan fingerprint density at radius 2 is 1.65 bits per heavy atom. The fourth-order valence-electron chi connectivity index (χ4n) is 2.23. The minimum atomic E-state index is -0.862. The molecular weight excluding hydrogens is 258 g/mol. The van der Waals surface area contributed by atoms with Gasteiger partial charge in [-0.1, -0.05) is 36.4 Å². The van der Waals surface area contributed by atoms with Crippen LogP contribution in [0.2, 0.25) is 0 Å². The van der Waals surface area contributed by atoms with Crippen molar-refractivity contribution in [2.24, 2.45) is 0 Å². The number of aliphatic hydroxyl groups is 1. The van der Waals surface area contributed by atoms with Crippen molar-refractivity contribution in [2.75, 3.05) is 0 Å². The van der Waals surface area contributed by atoms with Gasteiger partial charge in [0.15, 0.2) is 11.6 Å². The first kappa shape index (κ1) is 14.7. The van der Waals surface area contributed by atoms with Gasteiger partial charge in [-0.2, -0.15) is 0 Å². The van der Waals surface area contributed by atoms with Crippen molar-refractivity contribution >= 4 is 0 Å². The van der Waals surface area contributed by atoms with Gasteiger partial charge in [0.2, 0.25) is 0 Å². The topological polar surface area (TPSA) is 20.2 Å². The highest BCUT2D eigenvalue weighted by Gasteiger charge is 2.08. The summed E-state index contributed by atoms with van der Waals surface area (Å²) in [5.74, 6) is -1.72. The molecular formula is C17H18F2O. The largest absolute Gasteiger partial charge is 0.393 e. The lowest BCUT2D eigenvalue weighted by Gasteiger charge is -2.11. The highest BCUT2D eigenvalue weighted by molar-refractivity contribution is 5.18. The fraction of sp³-hybridized carbons (Fsp3) is 0.294. The van der Waals surface area contributed by atoms with E-state index in [2.05, 4.69) is 12.1 Å². The number of hydrogen-bond donors (Lipinski definition) is 1. The van der Waals surface area contributed by atoms with E-state index in [9.17, 15) is 13.9 Å². The van der Waals surface area contributed by atoms with Crippen LogP contribution in [-0.4, -0.2) is 11.2 Å². The molecule has 0 fully saturated rings. The Morgan fingerprint density at radius 3 is 2.35 bits per heavy atom. The third-order valence-corrected chi connectivity index (χ3v) is 3.30. The number of hydrogen-bond acceptors (Lipinski definition) is 1. The lowest BCUT2D eigenvalue weighted by atomic mass is 10.0. The maximum Gasteiger partial charge on any atom is 0.159 e. The molecule has 1 unspecified atom stereocenters. The molecule has 0 saturated heterocycles. The molecule has 2 aromatic rings. The predicted molar refractivity (Wildman–Crippen MR) is 75.4 cm³/mol. The fourth-order valence-corrected chi connectivity index (χ4v) is 2.23. The second-order valence-corrected chi connectivity index (χ2v) is 4.98. The van der Waals surface area contributed by atoms with Crippen LogP contribution < -0.4 is 0 Å². The summed E-state index contributed by atoms with van der Waals surface area (Å²) in [6.45, 7) is 0. The van der Waals surface area contributed by atoms with E-state index >= 15 is 0 Å². The molecule has 0 heterocycles. The summed E-state index contributed by atoms with van der Waals surface area (Å²) >= 11 is 0. The van der Waals surface area contributed by atoms with Gasteiger partial charge >= 0.3 is 0 Å². The molecule has 0 aliphatic heterocycles. The molecule has 2 rings (SSSR count). The van der Waals surface area contributed by atoms with Crippen molar-refractivity contribution in [1.82, 2.24) is 0 Å². The van der Waals surface area contributed by atoms with Gasteiger partial charge in [-0.25, -0.2) is 8.78 Å². The van der Waals surface area contributed by atoms with Crippen LogP contribution in [0.5, 0.6) is 0 Å². The van der Waals surface area contributed by atoms with Gasteiger partial charge in [-0.3, -0.25) is 0 Å². The van der Waals surface area contributed by atoms with Gasteiger partial charge in [-0.05, 0) is 48.9 Å². The van der Waals surface area contributed by atoms with Gasteiger partial charge in [0.1, 0.15) is 0 Å². The van der Waals surface area contributed by atoms with Gasteiger partial charge in [0.25, 0.3) is 0 Å². The number of aryl methyl sites for hydroxylation is 1. The van der Waals surface area contributed by atoms with Crippen molar-refractivity contribution < 1.29 is 13.9 Å². The van der Waals surface area contributed by atoms with Crippen molar-refractivity contribution in [3.05, 3.63) is 71.3 Å². The highest BCUT2D eigenvalue weighted by Crippen LogP contribution is 2.13. The number of benzene rings is 2. The molecule has 1 nitrogen and oxygen atoms in total. The summed E-state index contributed by atoms with van der Waals surface area (Å²) < 4.78 is 25.8. The lowest BCUT2D eigenvalue weighted by molar-refractivity contribution is 0.162. The van der Waals surface area contributed by atoms with Crippen molar-refractivity contribution in [3.63, 3.8) is 0 Å². The third-order valence-electron chi connectivity index (χ3n) is 3.30. The van der Waals surface area contributed by atoms with E-state index in [1.807, 2.05) is 18.2 Å². The zero-order valence-corrected chi connectivity index (χ0v) is 11.2. The first-order valence-electron chi connectivity index (χ1n) is 6.81. The number of rotatable bonds is 6. The van der Waals surface area contributed by atoms with E-state index < -0.39 is 17.7 Å². The second kappa shape index (κ2) is 7.15. The zero-order valence-electron chi connectivity index (χ0n) is 11.2. The number of halogens is 2. The third kappa shape index (κ3) is 4.42. The normalized spacial score (nSPS) is 12.3. The average molecular weight is 276 g/mol. The first-order valence-corrected chi connectivity index (χ1v) is 6.81. The van der Waals surface area contributed by atoms with E-state index in [1.54, 1.807) is 0 Å². The van der Waals surface area contributed by atoms with Crippen LogP contribution in [0.15, 0.2) is 48.5 Å². The SMILES string of the molecule is OC(CCCc1ccccc1)Cc1ccc(F)c(F)c1. The van der Waals surface area contributed by atoms with Crippen LogP contribution in [0.3, 0.4) is 0 Å². The van der Waals surface area contributed by atoms with Gasteiger partial charge in [0, 0.05) is 0 Å². The molecule has 0 saturated carbocycles. The molecule has 0 aromatic heterocycles. The van der Waals surface area contributed by atoms with Gasteiger partial charge < -0.3 is 5.11 Å². The van der Waals surface area contributed by atoms with Gasteiger partial charge in [-0.15, -0.1) is 0 Å². The smallest absolute Gasteiger partial charge is 0.159 e. The zero-order chi connectivity index (χ0) is 14.4. The molecule has 2 aromatic carbocycles. The Labute approximate surface area is 117 Å². The molecule has 0 aliphatic carbocycles. The monoisotopic (exact) mass is 276 g/mol. The Bertz CT molecular complexity index is 540. The summed E-state index contributed by atoms with van der Waals surface area (Å²) in [6.07, 6.45) is 2.26. The average Bonchev–Trinajstić information content (AvgIpc) is 2.44. The Balaban J connectivity index is 1.77. The Hall–Kier alpha value is -1.74. The summed E-state index contributed by atoms with van der Waals surface area (Å²) in [5.41, 5.74) is 1.86. The molecule has 1 atom stereocenters. The first-order chi connectivity index (χ1) is 9.65. The molecule has 106 valence electrons. The van der Waals surface area contributed by atoms with Crippen molar-refractivity contribution in [2.45, 2.75) is 31.8 Å². The molecule has 0 bridgehead atoms. The molecule has 20 heavy (non-hydrogen) atoms. The van der Waals surface area contributed by atoms with E-state index in [0.29, 0.717) is 18.4 Å².